The van der Waals surface area contributed by atoms with E-state index in [0.717, 1.165) is 37.5 Å². The summed E-state index contributed by atoms with van der Waals surface area (Å²) in [5.74, 6) is -1.83. The first-order valence-electron chi connectivity index (χ1n) is 7.90. The second-order valence-electron chi connectivity index (χ2n) is 5.88. The standard InChI is InChI=1S/C17H18ClFN2O3/c18-16-12(7-13(19)8-14(16)17(22)23)5-4-11-9-20-21(10-11)15-3-1-2-6-24-15/h7-10,15H,1-6H2,(H,22,23). The van der Waals surface area contributed by atoms with Crippen molar-refractivity contribution in [3.8, 4) is 0 Å². The third kappa shape index (κ3) is 3.76. The largest absolute Gasteiger partial charge is 0.478 e. The number of aromatic carboxylic acids is 1. The Balaban J connectivity index is 1.70. The molecule has 1 aliphatic heterocycles. The molecule has 0 saturated carbocycles. The van der Waals surface area contributed by atoms with E-state index in [1.807, 2.05) is 10.9 Å². The van der Waals surface area contributed by atoms with E-state index in [-0.39, 0.29) is 16.8 Å². The predicted molar refractivity (Wildman–Crippen MR) is 86.8 cm³/mol. The molecule has 0 spiro atoms. The van der Waals surface area contributed by atoms with E-state index < -0.39 is 11.8 Å². The summed E-state index contributed by atoms with van der Waals surface area (Å²) in [6.07, 6.45) is 7.82. The van der Waals surface area contributed by atoms with Crippen LogP contribution >= 0.6 is 11.6 Å². The lowest BCUT2D eigenvalue weighted by molar-refractivity contribution is -0.0395. The Kier molecular flexibility index (Phi) is 5.16. The highest BCUT2D eigenvalue weighted by molar-refractivity contribution is 6.34. The molecular formula is C17H18ClFN2O3. The summed E-state index contributed by atoms with van der Waals surface area (Å²) >= 11 is 6.08. The molecule has 1 fully saturated rings. The SMILES string of the molecule is O=C(O)c1cc(F)cc(CCc2cnn(C3CCCCO3)c2)c1Cl. The van der Waals surface area contributed by atoms with Crippen LogP contribution in [0.1, 0.15) is 47.0 Å². The van der Waals surface area contributed by atoms with Crippen LogP contribution in [0.2, 0.25) is 5.02 Å². The van der Waals surface area contributed by atoms with Crippen molar-refractivity contribution in [3.05, 3.63) is 52.1 Å². The lowest BCUT2D eigenvalue weighted by Crippen LogP contribution is -2.18. The number of carboxylic acid groups (broad SMARTS) is 1. The van der Waals surface area contributed by atoms with Gasteiger partial charge in [0, 0.05) is 12.8 Å². The van der Waals surface area contributed by atoms with Crippen LogP contribution in [0.25, 0.3) is 0 Å². The topological polar surface area (TPSA) is 64.3 Å². The second-order valence-corrected chi connectivity index (χ2v) is 6.26. The zero-order valence-electron chi connectivity index (χ0n) is 13.0. The minimum atomic E-state index is -1.23. The molecule has 1 aliphatic rings. The molecule has 1 atom stereocenters. The van der Waals surface area contributed by atoms with Crippen LogP contribution in [0.4, 0.5) is 4.39 Å². The van der Waals surface area contributed by atoms with Crippen molar-refractivity contribution in [1.29, 1.82) is 0 Å². The van der Waals surface area contributed by atoms with Gasteiger partial charge in [-0.1, -0.05) is 11.6 Å². The number of benzene rings is 1. The van der Waals surface area contributed by atoms with E-state index in [4.69, 9.17) is 21.4 Å². The van der Waals surface area contributed by atoms with Crippen LogP contribution in [0, 0.1) is 5.82 Å². The summed E-state index contributed by atoms with van der Waals surface area (Å²) in [7, 11) is 0. The van der Waals surface area contributed by atoms with Crippen LogP contribution < -0.4 is 0 Å². The quantitative estimate of drug-likeness (QED) is 0.887. The molecular weight excluding hydrogens is 335 g/mol. The van der Waals surface area contributed by atoms with Gasteiger partial charge in [0.2, 0.25) is 0 Å². The van der Waals surface area contributed by atoms with Gasteiger partial charge in [-0.15, -0.1) is 0 Å². The third-order valence-electron chi connectivity index (χ3n) is 4.13. The molecule has 1 aromatic heterocycles. The Morgan fingerprint density at radius 1 is 1.42 bits per heavy atom. The summed E-state index contributed by atoms with van der Waals surface area (Å²) < 4.78 is 21.1. The summed E-state index contributed by atoms with van der Waals surface area (Å²) in [6, 6.07) is 2.22. The number of halogens is 2. The maximum atomic E-state index is 13.6. The number of aromatic nitrogens is 2. The van der Waals surface area contributed by atoms with E-state index in [9.17, 15) is 9.18 Å². The van der Waals surface area contributed by atoms with Crippen molar-refractivity contribution < 1.29 is 19.0 Å². The fraction of sp³-hybridized carbons (Fsp3) is 0.412. The average Bonchev–Trinajstić information content (AvgIpc) is 3.05. The molecule has 1 aromatic carbocycles. The van der Waals surface area contributed by atoms with E-state index in [2.05, 4.69) is 5.10 Å². The fourth-order valence-electron chi connectivity index (χ4n) is 2.86. The zero-order valence-corrected chi connectivity index (χ0v) is 13.8. The van der Waals surface area contributed by atoms with Gasteiger partial charge in [0.05, 0.1) is 16.8 Å². The van der Waals surface area contributed by atoms with Gasteiger partial charge in [-0.3, -0.25) is 0 Å². The number of rotatable bonds is 5. The number of aryl methyl sites for hydroxylation is 2. The van der Waals surface area contributed by atoms with Gasteiger partial charge in [0.15, 0.2) is 0 Å². The number of nitrogens with zero attached hydrogens (tertiary/aromatic N) is 2. The molecule has 0 amide bonds. The lowest BCUT2D eigenvalue weighted by atomic mass is 10.0. The first-order chi connectivity index (χ1) is 11.5. The molecule has 0 radical (unpaired) electrons. The smallest absolute Gasteiger partial charge is 0.337 e. The first kappa shape index (κ1) is 16.9. The molecule has 2 heterocycles. The van der Waals surface area contributed by atoms with Crippen molar-refractivity contribution in [3.63, 3.8) is 0 Å². The number of carbonyl (C=O) groups is 1. The van der Waals surface area contributed by atoms with Gasteiger partial charge in [-0.25, -0.2) is 13.9 Å². The van der Waals surface area contributed by atoms with Gasteiger partial charge in [0.25, 0.3) is 0 Å². The monoisotopic (exact) mass is 352 g/mol. The van der Waals surface area contributed by atoms with Gasteiger partial charge < -0.3 is 9.84 Å². The van der Waals surface area contributed by atoms with E-state index in [1.165, 1.54) is 6.07 Å². The maximum absolute atomic E-state index is 13.6. The van der Waals surface area contributed by atoms with Gasteiger partial charge >= 0.3 is 5.97 Å². The summed E-state index contributed by atoms with van der Waals surface area (Å²) in [4.78, 5) is 11.1. The van der Waals surface area contributed by atoms with Crippen molar-refractivity contribution >= 4 is 17.6 Å². The molecule has 5 nitrogen and oxygen atoms in total. The molecule has 3 rings (SSSR count). The minimum absolute atomic E-state index is 0.0242. The summed E-state index contributed by atoms with van der Waals surface area (Å²) in [5.41, 5.74) is 1.25. The Morgan fingerprint density at radius 2 is 2.25 bits per heavy atom. The molecule has 128 valence electrons. The molecule has 2 aromatic rings. The third-order valence-corrected chi connectivity index (χ3v) is 4.58. The Morgan fingerprint density at radius 3 is 2.96 bits per heavy atom. The van der Waals surface area contributed by atoms with Crippen LogP contribution in [-0.2, 0) is 17.6 Å². The first-order valence-corrected chi connectivity index (χ1v) is 8.28. The summed E-state index contributed by atoms with van der Waals surface area (Å²) in [5, 5.41) is 13.5. The highest BCUT2D eigenvalue weighted by Crippen LogP contribution is 2.25. The molecule has 7 heteroatoms. The number of hydrogen-bond donors (Lipinski definition) is 1. The molecule has 0 aliphatic carbocycles. The molecule has 24 heavy (non-hydrogen) atoms. The highest BCUT2D eigenvalue weighted by Gasteiger charge is 2.17. The van der Waals surface area contributed by atoms with Crippen LogP contribution in [0.15, 0.2) is 24.5 Å². The predicted octanol–water partition coefficient (Wildman–Crippen LogP) is 3.86. The van der Waals surface area contributed by atoms with Crippen molar-refractivity contribution in [2.45, 2.75) is 38.3 Å². The minimum Gasteiger partial charge on any atom is -0.478 e. The highest BCUT2D eigenvalue weighted by atomic mass is 35.5. The molecule has 1 saturated heterocycles. The van der Waals surface area contributed by atoms with Gasteiger partial charge in [-0.05, 0) is 55.4 Å². The molecule has 1 N–H and O–H groups in total. The van der Waals surface area contributed by atoms with Crippen molar-refractivity contribution in [2.24, 2.45) is 0 Å². The second kappa shape index (κ2) is 7.32. The fourth-order valence-corrected chi connectivity index (χ4v) is 3.14. The number of carboxylic acids is 1. The van der Waals surface area contributed by atoms with Gasteiger partial charge in [-0.2, -0.15) is 5.10 Å². The number of hydrogen-bond acceptors (Lipinski definition) is 3. The summed E-state index contributed by atoms with van der Waals surface area (Å²) in [6.45, 7) is 0.747. The van der Waals surface area contributed by atoms with Crippen molar-refractivity contribution in [2.75, 3.05) is 6.61 Å². The number of ether oxygens (including phenoxy) is 1. The van der Waals surface area contributed by atoms with Crippen LogP contribution in [0.5, 0.6) is 0 Å². The molecule has 1 unspecified atom stereocenters. The van der Waals surface area contributed by atoms with E-state index >= 15 is 0 Å². The van der Waals surface area contributed by atoms with Crippen LogP contribution in [-0.4, -0.2) is 27.5 Å². The van der Waals surface area contributed by atoms with E-state index in [1.54, 1.807) is 6.20 Å². The zero-order chi connectivity index (χ0) is 17.1. The average molecular weight is 353 g/mol. The molecule has 0 bridgehead atoms. The normalized spacial score (nSPS) is 17.8. The Bertz CT molecular complexity index is 741. The van der Waals surface area contributed by atoms with Crippen LogP contribution in [0.3, 0.4) is 0 Å². The van der Waals surface area contributed by atoms with E-state index in [0.29, 0.717) is 18.4 Å². The lowest BCUT2D eigenvalue weighted by Gasteiger charge is -2.22. The Labute approximate surface area is 144 Å². The van der Waals surface area contributed by atoms with Gasteiger partial charge in [0.1, 0.15) is 12.0 Å². The Hall–Kier alpha value is -1.92. The van der Waals surface area contributed by atoms with Crippen molar-refractivity contribution in [1.82, 2.24) is 9.78 Å². The maximum Gasteiger partial charge on any atom is 0.337 e.